The van der Waals surface area contributed by atoms with Gasteiger partial charge in [-0.05, 0) is 55.3 Å². The SMILES string of the molecule is Cc1cccc(C)c1-n1c(-c2cccc3c2oc2ncccc23)nc2ccccc21. The fraction of sp³-hybridized carbons (Fsp3) is 0.0769. The lowest BCUT2D eigenvalue weighted by atomic mass is 10.1. The zero-order valence-electron chi connectivity index (χ0n) is 16.8. The average Bonchev–Trinajstić information content (AvgIpc) is 3.32. The van der Waals surface area contributed by atoms with E-state index in [2.05, 4.69) is 78.0 Å². The van der Waals surface area contributed by atoms with Gasteiger partial charge in [-0.3, -0.25) is 4.57 Å². The van der Waals surface area contributed by atoms with Crippen LogP contribution in [-0.2, 0) is 0 Å². The van der Waals surface area contributed by atoms with Crippen molar-refractivity contribution in [2.45, 2.75) is 13.8 Å². The van der Waals surface area contributed by atoms with Crippen LogP contribution in [0.15, 0.2) is 83.4 Å². The lowest BCUT2D eigenvalue weighted by Gasteiger charge is -2.15. The Kier molecular flexibility index (Phi) is 3.56. The normalized spacial score (nSPS) is 11.7. The van der Waals surface area contributed by atoms with Crippen LogP contribution in [0.1, 0.15) is 11.1 Å². The number of rotatable bonds is 2. The molecule has 0 saturated carbocycles. The molecule has 3 aromatic heterocycles. The first-order valence-corrected chi connectivity index (χ1v) is 10.0. The largest absolute Gasteiger partial charge is 0.437 e. The van der Waals surface area contributed by atoms with Crippen molar-refractivity contribution in [3.05, 3.63) is 90.1 Å². The summed E-state index contributed by atoms with van der Waals surface area (Å²) in [6, 6.07) is 24.9. The molecule has 0 unspecified atom stereocenters. The molecule has 30 heavy (non-hydrogen) atoms. The quantitative estimate of drug-likeness (QED) is 0.335. The number of aromatic nitrogens is 3. The van der Waals surface area contributed by atoms with E-state index in [1.807, 2.05) is 18.2 Å². The lowest BCUT2D eigenvalue weighted by Crippen LogP contribution is -2.02. The summed E-state index contributed by atoms with van der Waals surface area (Å²) in [6.07, 6.45) is 1.76. The summed E-state index contributed by atoms with van der Waals surface area (Å²) < 4.78 is 8.48. The van der Waals surface area contributed by atoms with Crippen molar-refractivity contribution in [2.75, 3.05) is 0 Å². The highest BCUT2D eigenvalue weighted by Crippen LogP contribution is 2.38. The Hall–Kier alpha value is -3.92. The minimum absolute atomic E-state index is 0.648. The third-order valence-electron chi connectivity index (χ3n) is 5.74. The highest BCUT2D eigenvalue weighted by Gasteiger charge is 2.21. The van der Waals surface area contributed by atoms with Gasteiger partial charge in [-0.15, -0.1) is 0 Å². The van der Waals surface area contributed by atoms with Crippen molar-refractivity contribution < 1.29 is 4.42 Å². The second kappa shape index (κ2) is 6.29. The van der Waals surface area contributed by atoms with Crippen molar-refractivity contribution in [1.82, 2.24) is 14.5 Å². The maximum atomic E-state index is 6.22. The van der Waals surface area contributed by atoms with Crippen molar-refractivity contribution >= 4 is 33.1 Å². The summed E-state index contributed by atoms with van der Waals surface area (Å²) in [7, 11) is 0. The van der Waals surface area contributed by atoms with Crippen molar-refractivity contribution in [3.8, 4) is 17.1 Å². The zero-order chi connectivity index (χ0) is 20.2. The van der Waals surface area contributed by atoms with E-state index in [0.29, 0.717) is 5.71 Å². The predicted molar refractivity (Wildman–Crippen MR) is 121 cm³/mol. The van der Waals surface area contributed by atoms with Gasteiger partial charge in [0.2, 0.25) is 5.71 Å². The van der Waals surface area contributed by atoms with Gasteiger partial charge in [0.15, 0.2) is 0 Å². The van der Waals surface area contributed by atoms with Crippen LogP contribution in [0.4, 0.5) is 0 Å². The molecule has 0 aliphatic heterocycles. The van der Waals surface area contributed by atoms with Gasteiger partial charge in [-0.25, -0.2) is 9.97 Å². The first-order chi connectivity index (χ1) is 14.7. The maximum absolute atomic E-state index is 6.22. The molecular weight excluding hydrogens is 370 g/mol. The van der Waals surface area contributed by atoms with Gasteiger partial charge in [0.1, 0.15) is 11.4 Å². The van der Waals surface area contributed by atoms with Gasteiger partial charge in [0.25, 0.3) is 0 Å². The standard InChI is InChI=1S/C26H19N3O/c1-16-8-5-9-17(2)23(16)29-22-14-4-3-13-21(22)28-25(29)20-11-6-10-18-19-12-7-15-27-26(19)30-24(18)20/h3-15H,1-2H3. The van der Waals surface area contributed by atoms with E-state index in [9.17, 15) is 0 Å². The smallest absolute Gasteiger partial charge is 0.227 e. The number of hydrogen-bond acceptors (Lipinski definition) is 3. The number of furan rings is 1. The Bertz CT molecular complexity index is 1550. The summed E-state index contributed by atoms with van der Waals surface area (Å²) in [5.41, 5.74) is 8.04. The van der Waals surface area contributed by atoms with Gasteiger partial charge in [0.05, 0.1) is 22.3 Å². The van der Waals surface area contributed by atoms with E-state index in [0.717, 1.165) is 44.5 Å². The molecule has 4 heteroatoms. The minimum atomic E-state index is 0.648. The molecule has 0 atom stereocenters. The Morgan fingerprint density at radius 2 is 1.53 bits per heavy atom. The lowest BCUT2D eigenvalue weighted by molar-refractivity contribution is 0.654. The van der Waals surface area contributed by atoms with Crippen molar-refractivity contribution in [1.29, 1.82) is 0 Å². The van der Waals surface area contributed by atoms with Gasteiger partial charge in [-0.2, -0.15) is 0 Å². The van der Waals surface area contributed by atoms with Gasteiger partial charge in [-0.1, -0.05) is 42.5 Å². The molecule has 4 nitrogen and oxygen atoms in total. The number of nitrogens with zero attached hydrogens (tertiary/aromatic N) is 3. The highest BCUT2D eigenvalue weighted by molar-refractivity contribution is 6.08. The number of aryl methyl sites for hydroxylation is 2. The molecule has 0 fully saturated rings. The number of benzene rings is 3. The molecule has 0 amide bonds. The van der Waals surface area contributed by atoms with Gasteiger partial charge < -0.3 is 4.42 Å². The van der Waals surface area contributed by atoms with Crippen LogP contribution in [0.3, 0.4) is 0 Å². The summed E-state index contributed by atoms with van der Waals surface area (Å²) in [5.74, 6) is 0.873. The first-order valence-electron chi connectivity index (χ1n) is 10.0. The Morgan fingerprint density at radius 1 is 0.767 bits per heavy atom. The topological polar surface area (TPSA) is 43.9 Å². The Morgan fingerprint density at radius 3 is 2.40 bits per heavy atom. The summed E-state index contributed by atoms with van der Waals surface area (Å²) >= 11 is 0. The maximum Gasteiger partial charge on any atom is 0.227 e. The molecule has 3 heterocycles. The molecule has 144 valence electrons. The molecule has 0 N–H and O–H groups in total. The van der Waals surface area contributed by atoms with Gasteiger partial charge in [0, 0.05) is 17.0 Å². The van der Waals surface area contributed by atoms with Gasteiger partial charge >= 0.3 is 0 Å². The van der Waals surface area contributed by atoms with Crippen LogP contribution < -0.4 is 0 Å². The molecule has 6 rings (SSSR count). The fourth-order valence-electron chi connectivity index (χ4n) is 4.40. The van der Waals surface area contributed by atoms with E-state index in [4.69, 9.17) is 9.40 Å². The third-order valence-corrected chi connectivity index (χ3v) is 5.74. The molecule has 0 radical (unpaired) electrons. The van der Waals surface area contributed by atoms with Crippen LogP contribution >= 0.6 is 0 Å². The molecule has 0 saturated heterocycles. The Labute approximate surface area is 173 Å². The van der Waals surface area contributed by atoms with E-state index < -0.39 is 0 Å². The van der Waals surface area contributed by atoms with Crippen molar-refractivity contribution in [3.63, 3.8) is 0 Å². The predicted octanol–water partition coefficient (Wildman–Crippen LogP) is 6.60. The van der Waals surface area contributed by atoms with Crippen LogP contribution in [-0.4, -0.2) is 14.5 Å². The number of para-hydroxylation sites is 4. The first kappa shape index (κ1) is 17.0. The second-order valence-electron chi connectivity index (χ2n) is 7.64. The number of imidazole rings is 1. The third kappa shape index (κ3) is 2.34. The second-order valence-corrected chi connectivity index (χ2v) is 7.64. The molecule has 0 spiro atoms. The van der Waals surface area contributed by atoms with E-state index in [-0.39, 0.29) is 0 Å². The molecule has 3 aromatic carbocycles. The number of pyridine rings is 1. The molecule has 0 aliphatic carbocycles. The molecule has 6 aromatic rings. The molecule has 0 bridgehead atoms. The number of hydrogen-bond donors (Lipinski definition) is 0. The summed E-state index contributed by atoms with van der Waals surface area (Å²) in [5, 5.41) is 2.07. The van der Waals surface area contributed by atoms with Crippen LogP contribution in [0.5, 0.6) is 0 Å². The Balaban J connectivity index is 1.77. The van der Waals surface area contributed by atoms with Crippen LogP contribution in [0.2, 0.25) is 0 Å². The van der Waals surface area contributed by atoms with E-state index >= 15 is 0 Å². The monoisotopic (exact) mass is 389 g/mol. The van der Waals surface area contributed by atoms with E-state index in [1.54, 1.807) is 6.20 Å². The van der Waals surface area contributed by atoms with Crippen molar-refractivity contribution in [2.24, 2.45) is 0 Å². The minimum Gasteiger partial charge on any atom is -0.437 e. The molecule has 0 aliphatic rings. The fourth-order valence-corrected chi connectivity index (χ4v) is 4.40. The van der Waals surface area contributed by atoms with E-state index in [1.165, 1.54) is 11.1 Å². The summed E-state index contributed by atoms with van der Waals surface area (Å²) in [6.45, 7) is 4.29. The zero-order valence-corrected chi connectivity index (χ0v) is 16.8. The van der Waals surface area contributed by atoms with Crippen LogP contribution in [0.25, 0.3) is 50.2 Å². The summed E-state index contributed by atoms with van der Waals surface area (Å²) in [4.78, 5) is 9.46. The molecular formula is C26H19N3O. The highest BCUT2D eigenvalue weighted by atomic mass is 16.3. The average molecular weight is 389 g/mol. The number of fused-ring (bicyclic) bond motifs is 4. The van der Waals surface area contributed by atoms with Crippen LogP contribution in [0, 0.1) is 13.8 Å².